The molecule has 26 heavy (non-hydrogen) atoms. The van der Waals surface area contributed by atoms with E-state index in [0.29, 0.717) is 17.1 Å². The SMILES string of the molecule is COc1ccc(-n2c(=O)c(C#N)cc3c(=O)n4ccccc4nc32)cc1. The molecule has 0 aliphatic rings. The van der Waals surface area contributed by atoms with E-state index in [1.807, 2.05) is 6.07 Å². The van der Waals surface area contributed by atoms with Crippen molar-refractivity contribution in [1.29, 1.82) is 5.26 Å². The summed E-state index contributed by atoms with van der Waals surface area (Å²) in [5.74, 6) is 0.626. The summed E-state index contributed by atoms with van der Waals surface area (Å²) in [7, 11) is 1.54. The summed E-state index contributed by atoms with van der Waals surface area (Å²) in [6, 6.07) is 15.1. The van der Waals surface area contributed by atoms with Crippen molar-refractivity contribution in [3.8, 4) is 17.5 Å². The Morgan fingerprint density at radius 3 is 2.54 bits per heavy atom. The van der Waals surface area contributed by atoms with Gasteiger partial charge >= 0.3 is 0 Å². The van der Waals surface area contributed by atoms with Crippen molar-refractivity contribution in [3.05, 3.63) is 81.0 Å². The normalized spacial score (nSPS) is 10.8. The van der Waals surface area contributed by atoms with E-state index in [4.69, 9.17) is 4.74 Å². The summed E-state index contributed by atoms with van der Waals surface area (Å²) in [6.07, 6.45) is 1.60. The topological polar surface area (TPSA) is 89.4 Å². The van der Waals surface area contributed by atoms with Gasteiger partial charge in [-0.05, 0) is 42.5 Å². The standard InChI is InChI=1S/C19H12N4O3/c1-26-14-7-5-13(6-8-14)23-17-15(10-12(11-20)18(23)24)19(25)22-9-3-2-4-16(22)21-17/h2-10H,1H3. The zero-order valence-corrected chi connectivity index (χ0v) is 13.7. The van der Waals surface area contributed by atoms with Crippen LogP contribution in [0.15, 0.2) is 64.3 Å². The van der Waals surface area contributed by atoms with Gasteiger partial charge in [0.2, 0.25) is 0 Å². The first-order valence-corrected chi connectivity index (χ1v) is 7.76. The highest BCUT2D eigenvalue weighted by molar-refractivity contribution is 5.79. The molecule has 0 saturated carbocycles. The second-order valence-electron chi connectivity index (χ2n) is 5.59. The Hall–Kier alpha value is -3.92. The number of hydrogen-bond acceptors (Lipinski definition) is 5. The number of ether oxygens (including phenoxy) is 1. The molecule has 126 valence electrons. The minimum absolute atomic E-state index is 0.122. The summed E-state index contributed by atoms with van der Waals surface area (Å²) < 4.78 is 7.80. The van der Waals surface area contributed by atoms with E-state index in [2.05, 4.69) is 4.98 Å². The number of pyridine rings is 2. The monoisotopic (exact) mass is 344 g/mol. The average Bonchev–Trinajstić information content (AvgIpc) is 2.68. The largest absolute Gasteiger partial charge is 0.497 e. The molecule has 0 amide bonds. The molecular formula is C19H12N4O3. The third kappa shape index (κ3) is 2.24. The van der Waals surface area contributed by atoms with Crippen molar-refractivity contribution < 1.29 is 4.74 Å². The van der Waals surface area contributed by atoms with E-state index >= 15 is 0 Å². The van der Waals surface area contributed by atoms with Crippen LogP contribution in [0.2, 0.25) is 0 Å². The molecule has 0 radical (unpaired) electrons. The van der Waals surface area contributed by atoms with Crippen LogP contribution in [0.1, 0.15) is 5.56 Å². The second kappa shape index (κ2) is 5.86. The molecule has 4 rings (SSSR count). The third-order valence-corrected chi connectivity index (χ3v) is 4.13. The first-order chi connectivity index (χ1) is 12.6. The Kier molecular flexibility index (Phi) is 3.52. The van der Waals surface area contributed by atoms with Crippen LogP contribution in [0, 0.1) is 11.3 Å². The lowest BCUT2D eigenvalue weighted by molar-refractivity contribution is 0.414. The molecular weight excluding hydrogens is 332 g/mol. The van der Waals surface area contributed by atoms with Crippen LogP contribution in [-0.4, -0.2) is 21.1 Å². The zero-order chi connectivity index (χ0) is 18.3. The van der Waals surface area contributed by atoms with Gasteiger partial charge < -0.3 is 4.74 Å². The Morgan fingerprint density at radius 2 is 1.85 bits per heavy atom. The van der Waals surface area contributed by atoms with Gasteiger partial charge in [-0.15, -0.1) is 0 Å². The highest BCUT2D eigenvalue weighted by Crippen LogP contribution is 2.18. The van der Waals surface area contributed by atoms with Crippen LogP contribution in [-0.2, 0) is 0 Å². The van der Waals surface area contributed by atoms with Crippen LogP contribution in [0.3, 0.4) is 0 Å². The first-order valence-electron chi connectivity index (χ1n) is 7.76. The third-order valence-electron chi connectivity index (χ3n) is 4.13. The van der Waals surface area contributed by atoms with Crippen LogP contribution in [0.25, 0.3) is 22.4 Å². The van der Waals surface area contributed by atoms with Crippen LogP contribution >= 0.6 is 0 Å². The molecule has 3 aromatic heterocycles. The fourth-order valence-corrected chi connectivity index (χ4v) is 2.86. The molecule has 0 bridgehead atoms. The van der Waals surface area contributed by atoms with Gasteiger partial charge in [-0.3, -0.25) is 18.6 Å². The number of hydrogen-bond donors (Lipinski definition) is 0. The van der Waals surface area contributed by atoms with E-state index < -0.39 is 5.56 Å². The summed E-state index contributed by atoms with van der Waals surface area (Å²) in [5.41, 5.74) is 0.113. The van der Waals surface area contributed by atoms with Gasteiger partial charge in [0.1, 0.15) is 23.0 Å². The molecule has 0 unspecified atom stereocenters. The van der Waals surface area contributed by atoms with Gasteiger partial charge in [-0.25, -0.2) is 4.98 Å². The Morgan fingerprint density at radius 1 is 1.08 bits per heavy atom. The highest BCUT2D eigenvalue weighted by Gasteiger charge is 2.16. The van der Waals surface area contributed by atoms with E-state index in [1.54, 1.807) is 55.8 Å². The van der Waals surface area contributed by atoms with Gasteiger partial charge in [0.25, 0.3) is 11.1 Å². The molecule has 7 nitrogen and oxygen atoms in total. The lowest BCUT2D eigenvalue weighted by Crippen LogP contribution is -2.26. The summed E-state index contributed by atoms with van der Waals surface area (Å²) >= 11 is 0. The van der Waals surface area contributed by atoms with Gasteiger partial charge in [0, 0.05) is 6.20 Å². The molecule has 0 N–H and O–H groups in total. The van der Waals surface area contributed by atoms with Crippen LogP contribution in [0.4, 0.5) is 0 Å². The quantitative estimate of drug-likeness (QED) is 0.518. The van der Waals surface area contributed by atoms with Crippen molar-refractivity contribution in [2.24, 2.45) is 0 Å². The molecule has 0 fully saturated rings. The first kappa shape index (κ1) is 15.6. The van der Waals surface area contributed by atoms with E-state index in [1.165, 1.54) is 15.0 Å². The summed E-state index contributed by atoms with van der Waals surface area (Å²) in [4.78, 5) is 30.1. The molecule has 7 heteroatoms. The molecule has 0 spiro atoms. The number of methoxy groups -OCH3 is 1. The van der Waals surface area contributed by atoms with E-state index in [0.717, 1.165) is 0 Å². The number of nitriles is 1. The predicted molar refractivity (Wildman–Crippen MR) is 95.8 cm³/mol. The molecule has 3 heterocycles. The van der Waals surface area contributed by atoms with Crippen molar-refractivity contribution in [2.45, 2.75) is 0 Å². The maximum absolute atomic E-state index is 12.8. The number of fused-ring (bicyclic) bond motifs is 2. The van der Waals surface area contributed by atoms with Crippen molar-refractivity contribution in [1.82, 2.24) is 14.0 Å². The van der Waals surface area contributed by atoms with Crippen molar-refractivity contribution >= 4 is 16.7 Å². The number of nitrogens with zero attached hydrogens (tertiary/aromatic N) is 4. The van der Waals surface area contributed by atoms with Crippen LogP contribution < -0.4 is 15.9 Å². The summed E-state index contributed by atoms with van der Waals surface area (Å²) in [6.45, 7) is 0. The number of benzene rings is 1. The molecule has 0 saturated heterocycles. The molecule has 4 aromatic rings. The Balaban J connectivity index is 2.19. The molecule has 0 atom stereocenters. The maximum Gasteiger partial charge on any atom is 0.274 e. The van der Waals surface area contributed by atoms with Crippen LogP contribution in [0.5, 0.6) is 5.75 Å². The fourth-order valence-electron chi connectivity index (χ4n) is 2.86. The van der Waals surface area contributed by atoms with Crippen molar-refractivity contribution in [3.63, 3.8) is 0 Å². The minimum atomic E-state index is -0.530. The van der Waals surface area contributed by atoms with E-state index in [-0.39, 0.29) is 22.2 Å². The van der Waals surface area contributed by atoms with Gasteiger partial charge in [0.05, 0.1) is 18.2 Å². The number of aromatic nitrogens is 3. The van der Waals surface area contributed by atoms with Crippen molar-refractivity contribution in [2.75, 3.05) is 7.11 Å². The highest BCUT2D eigenvalue weighted by atomic mass is 16.5. The fraction of sp³-hybridized carbons (Fsp3) is 0.0526. The summed E-state index contributed by atoms with van der Waals surface area (Å²) in [5, 5.41) is 9.52. The van der Waals surface area contributed by atoms with Gasteiger partial charge in [-0.1, -0.05) is 6.07 Å². The predicted octanol–water partition coefficient (Wildman–Crippen LogP) is 1.88. The molecule has 1 aromatic carbocycles. The average molecular weight is 344 g/mol. The van der Waals surface area contributed by atoms with Gasteiger partial charge in [-0.2, -0.15) is 5.26 Å². The number of rotatable bonds is 2. The van der Waals surface area contributed by atoms with Gasteiger partial charge in [0.15, 0.2) is 5.65 Å². The Labute approximate surface area is 147 Å². The van der Waals surface area contributed by atoms with E-state index in [9.17, 15) is 14.9 Å². The maximum atomic E-state index is 12.8. The smallest absolute Gasteiger partial charge is 0.274 e. The lowest BCUT2D eigenvalue weighted by atomic mass is 10.2. The zero-order valence-electron chi connectivity index (χ0n) is 13.7. The Bertz CT molecular complexity index is 1310. The lowest BCUT2D eigenvalue weighted by Gasteiger charge is -2.12. The molecule has 0 aliphatic heterocycles. The minimum Gasteiger partial charge on any atom is -0.497 e. The molecule has 0 aliphatic carbocycles. The second-order valence-corrected chi connectivity index (χ2v) is 5.59.